The van der Waals surface area contributed by atoms with Crippen LogP contribution in [0.15, 0.2) is 17.6 Å². The number of thiophene rings is 1. The molecular formula is C19H27N3OS. The average Bonchev–Trinajstić information content (AvgIpc) is 3.27. The van der Waals surface area contributed by atoms with Crippen molar-refractivity contribution in [1.29, 1.82) is 0 Å². The van der Waals surface area contributed by atoms with Crippen LogP contribution < -0.4 is 0 Å². The van der Waals surface area contributed by atoms with E-state index in [2.05, 4.69) is 35.3 Å². The second kappa shape index (κ2) is 7.51. The summed E-state index contributed by atoms with van der Waals surface area (Å²) in [6.45, 7) is 7.80. The minimum atomic E-state index is 0.148. The minimum absolute atomic E-state index is 0.148. The van der Waals surface area contributed by atoms with E-state index in [1.165, 1.54) is 23.3 Å². The first-order chi connectivity index (χ1) is 11.6. The Morgan fingerprint density at radius 3 is 2.75 bits per heavy atom. The van der Waals surface area contributed by atoms with Gasteiger partial charge >= 0.3 is 0 Å². The molecule has 1 aliphatic rings. The van der Waals surface area contributed by atoms with Crippen molar-refractivity contribution in [2.24, 2.45) is 0 Å². The first kappa shape index (κ1) is 17.2. The summed E-state index contributed by atoms with van der Waals surface area (Å²) in [6.07, 6.45) is 7.66. The van der Waals surface area contributed by atoms with Crippen molar-refractivity contribution in [3.05, 3.63) is 39.3 Å². The third-order valence-electron chi connectivity index (χ3n) is 4.94. The molecule has 0 atom stereocenters. The van der Waals surface area contributed by atoms with Crippen LogP contribution >= 0.6 is 11.3 Å². The van der Waals surface area contributed by atoms with Crippen LogP contribution in [0.2, 0.25) is 0 Å². The lowest BCUT2D eigenvalue weighted by molar-refractivity contribution is 0.0665. The largest absolute Gasteiger partial charge is 0.330 e. The Morgan fingerprint density at radius 2 is 2.12 bits per heavy atom. The Bertz CT molecular complexity index is 697. The monoisotopic (exact) mass is 345 g/mol. The van der Waals surface area contributed by atoms with E-state index < -0.39 is 0 Å². The lowest BCUT2D eigenvalue weighted by atomic mass is 10.1. The summed E-state index contributed by atoms with van der Waals surface area (Å²) >= 11 is 1.75. The zero-order chi connectivity index (χ0) is 17.1. The molecule has 1 fully saturated rings. The predicted octanol–water partition coefficient (Wildman–Crippen LogP) is 4.56. The molecule has 24 heavy (non-hydrogen) atoms. The van der Waals surface area contributed by atoms with Crippen LogP contribution in [0.5, 0.6) is 0 Å². The fourth-order valence-electron chi connectivity index (χ4n) is 3.53. The molecule has 0 N–H and O–H groups in total. The van der Waals surface area contributed by atoms with Gasteiger partial charge in [0.15, 0.2) is 0 Å². The number of hydrogen-bond donors (Lipinski definition) is 0. The van der Waals surface area contributed by atoms with Gasteiger partial charge < -0.3 is 4.90 Å². The van der Waals surface area contributed by atoms with Crippen molar-refractivity contribution in [3.8, 4) is 0 Å². The maximum absolute atomic E-state index is 13.3. The number of carbonyl (C=O) groups is 1. The van der Waals surface area contributed by atoms with Crippen LogP contribution in [-0.2, 0) is 13.1 Å². The number of aromatic nitrogens is 2. The van der Waals surface area contributed by atoms with Crippen molar-refractivity contribution in [2.75, 3.05) is 0 Å². The third kappa shape index (κ3) is 3.56. The maximum atomic E-state index is 13.3. The highest BCUT2D eigenvalue weighted by Crippen LogP contribution is 2.29. The molecular weight excluding hydrogens is 318 g/mol. The van der Waals surface area contributed by atoms with Crippen molar-refractivity contribution in [1.82, 2.24) is 14.7 Å². The number of carbonyl (C=O) groups excluding carboxylic acids is 1. The topological polar surface area (TPSA) is 38.1 Å². The van der Waals surface area contributed by atoms with Gasteiger partial charge in [-0.15, -0.1) is 11.3 Å². The number of hydrogen-bond acceptors (Lipinski definition) is 3. The zero-order valence-electron chi connectivity index (χ0n) is 14.9. The Morgan fingerprint density at radius 1 is 1.38 bits per heavy atom. The molecule has 1 saturated carbocycles. The highest BCUT2D eigenvalue weighted by Gasteiger charge is 2.29. The molecule has 0 bridgehead atoms. The smallest absolute Gasteiger partial charge is 0.257 e. The fourth-order valence-corrected chi connectivity index (χ4v) is 4.43. The standard InChI is InChI=1S/C19H27N3OS/c1-4-10-21-12-17(15(3)20-21)19(23)22(16-7-5-6-8-16)13-18-14(2)9-11-24-18/h9,11-12,16H,4-8,10,13H2,1-3H3. The Kier molecular flexibility index (Phi) is 5.39. The van der Waals surface area contributed by atoms with Gasteiger partial charge in [-0.3, -0.25) is 9.48 Å². The zero-order valence-corrected chi connectivity index (χ0v) is 15.7. The lowest BCUT2D eigenvalue weighted by Crippen LogP contribution is -2.38. The Labute approximate surface area is 148 Å². The van der Waals surface area contributed by atoms with E-state index in [1.54, 1.807) is 11.3 Å². The Hall–Kier alpha value is -1.62. The molecule has 1 amide bonds. The Balaban J connectivity index is 1.86. The van der Waals surface area contributed by atoms with Gasteiger partial charge in [-0.05, 0) is 50.1 Å². The summed E-state index contributed by atoms with van der Waals surface area (Å²) in [7, 11) is 0. The molecule has 0 unspecified atom stereocenters. The van der Waals surface area contributed by atoms with E-state index in [-0.39, 0.29) is 5.91 Å². The van der Waals surface area contributed by atoms with Crippen molar-refractivity contribution < 1.29 is 4.79 Å². The van der Waals surface area contributed by atoms with E-state index in [0.717, 1.165) is 43.6 Å². The molecule has 1 aliphatic carbocycles. The van der Waals surface area contributed by atoms with Gasteiger partial charge in [-0.2, -0.15) is 5.10 Å². The second-order valence-corrected chi connectivity index (χ2v) is 7.79. The van der Waals surface area contributed by atoms with E-state index in [9.17, 15) is 4.79 Å². The highest BCUT2D eigenvalue weighted by molar-refractivity contribution is 7.10. The molecule has 130 valence electrons. The first-order valence-corrected chi connectivity index (χ1v) is 9.86. The molecule has 2 heterocycles. The number of nitrogens with zero attached hydrogens (tertiary/aromatic N) is 3. The van der Waals surface area contributed by atoms with Crippen molar-refractivity contribution in [3.63, 3.8) is 0 Å². The SMILES string of the molecule is CCCn1cc(C(=O)N(Cc2sccc2C)C2CCCC2)c(C)n1. The molecule has 2 aromatic rings. The molecule has 0 spiro atoms. The van der Waals surface area contributed by atoms with Crippen LogP contribution in [0.1, 0.15) is 65.5 Å². The lowest BCUT2D eigenvalue weighted by Gasteiger charge is -2.29. The van der Waals surface area contributed by atoms with E-state index >= 15 is 0 Å². The van der Waals surface area contributed by atoms with Crippen molar-refractivity contribution >= 4 is 17.2 Å². The minimum Gasteiger partial charge on any atom is -0.330 e. The number of aryl methyl sites for hydroxylation is 3. The third-order valence-corrected chi connectivity index (χ3v) is 5.95. The van der Waals surface area contributed by atoms with Gasteiger partial charge in [0.1, 0.15) is 0 Å². The molecule has 2 aromatic heterocycles. The first-order valence-electron chi connectivity index (χ1n) is 8.98. The normalized spacial score (nSPS) is 15.1. The summed E-state index contributed by atoms with van der Waals surface area (Å²) in [6, 6.07) is 2.51. The van der Waals surface area contributed by atoms with E-state index in [0.29, 0.717) is 6.04 Å². The maximum Gasteiger partial charge on any atom is 0.257 e. The molecule has 0 radical (unpaired) electrons. The second-order valence-electron chi connectivity index (χ2n) is 6.79. The molecule has 3 rings (SSSR count). The summed E-state index contributed by atoms with van der Waals surface area (Å²) in [5, 5.41) is 6.63. The summed E-state index contributed by atoms with van der Waals surface area (Å²) < 4.78 is 1.91. The van der Waals surface area contributed by atoms with Crippen LogP contribution in [0.4, 0.5) is 0 Å². The molecule has 4 nitrogen and oxygen atoms in total. The van der Waals surface area contributed by atoms with Crippen molar-refractivity contribution in [2.45, 2.75) is 72.0 Å². The van der Waals surface area contributed by atoms with Gasteiger partial charge in [0.05, 0.1) is 17.8 Å². The number of amides is 1. The van der Waals surface area contributed by atoms with Gasteiger partial charge in [0.2, 0.25) is 0 Å². The predicted molar refractivity (Wildman–Crippen MR) is 98.4 cm³/mol. The average molecular weight is 346 g/mol. The quantitative estimate of drug-likeness (QED) is 0.770. The molecule has 0 aromatic carbocycles. The summed E-state index contributed by atoms with van der Waals surface area (Å²) in [4.78, 5) is 16.7. The summed E-state index contributed by atoms with van der Waals surface area (Å²) in [5.41, 5.74) is 2.90. The molecule has 0 saturated heterocycles. The van der Waals surface area contributed by atoms with E-state index in [4.69, 9.17) is 0 Å². The molecule has 5 heteroatoms. The summed E-state index contributed by atoms with van der Waals surface area (Å²) in [5.74, 6) is 0.148. The van der Waals surface area contributed by atoms with Gasteiger partial charge in [0, 0.05) is 23.7 Å². The van der Waals surface area contributed by atoms with Gasteiger partial charge in [-0.1, -0.05) is 19.8 Å². The van der Waals surface area contributed by atoms with Crippen LogP contribution in [0.3, 0.4) is 0 Å². The van der Waals surface area contributed by atoms with Gasteiger partial charge in [0.25, 0.3) is 5.91 Å². The number of rotatable bonds is 6. The van der Waals surface area contributed by atoms with Crippen LogP contribution in [0.25, 0.3) is 0 Å². The molecule has 0 aliphatic heterocycles. The fraction of sp³-hybridized carbons (Fsp3) is 0.579. The highest BCUT2D eigenvalue weighted by atomic mass is 32.1. The van der Waals surface area contributed by atoms with Crippen LogP contribution in [-0.4, -0.2) is 26.6 Å². The van der Waals surface area contributed by atoms with E-state index in [1.807, 2.05) is 17.8 Å². The van der Waals surface area contributed by atoms with Gasteiger partial charge in [-0.25, -0.2) is 0 Å². The van der Waals surface area contributed by atoms with Crippen LogP contribution in [0, 0.1) is 13.8 Å².